The van der Waals surface area contributed by atoms with E-state index in [9.17, 15) is 10.1 Å². The van der Waals surface area contributed by atoms with Gasteiger partial charge in [0, 0.05) is 41.7 Å². The molecule has 0 radical (unpaired) electrons. The number of fused-ring (bicyclic) bond motifs is 2. The van der Waals surface area contributed by atoms with Gasteiger partial charge in [-0.2, -0.15) is 15.5 Å². The summed E-state index contributed by atoms with van der Waals surface area (Å²) in [6, 6.07) is 14.0. The first-order chi connectivity index (χ1) is 16.0. The van der Waals surface area contributed by atoms with Crippen molar-refractivity contribution in [3.8, 4) is 27.8 Å². The van der Waals surface area contributed by atoms with Crippen molar-refractivity contribution >= 4 is 32.2 Å². The van der Waals surface area contributed by atoms with Gasteiger partial charge in [-0.15, -0.1) is 11.3 Å². The van der Waals surface area contributed by atoms with Gasteiger partial charge in [0.15, 0.2) is 0 Å². The Morgan fingerprint density at radius 2 is 2.03 bits per heavy atom. The smallest absolute Gasteiger partial charge is 0.272 e. The van der Waals surface area contributed by atoms with Crippen molar-refractivity contribution in [1.82, 2.24) is 20.0 Å². The van der Waals surface area contributed by atoms with E-state index in [1.165, 1.54) is 0 Å². The van der Waals surface area contributed by atoms with Crippen LogP contribution in [0.4, 0.5) is 0 Å². The van der Waals surface area contributed by atoms with Crippen molar-refractivity contribution in [3.63, 3.8) is 0 Å². The van der Waals surface area contributed by atoms with Crippen LogP contribution in [0.15, 0.2) is 47.4 Å². The third kappa shape index (κ3) is 3.41. The highest BCUT2D eigenvalue weighted by molar-refractivity contribution is 7.22. The van der Waals surface area contributed by atoms with Crippen LogP contribution < -0.4 is 11.3 Å². The number of ether oxygens (including phenoxy) is 1. The molecule has 5 rings (SSSR count). The fourth-order valence-electron chi connectivity index (χ4n) is 4.14. The molecular formula is C24H20N6O2S. The van der Waals surface area contributed by atoms with E-state index in [1.807, 2.05) is 31.3 Å². The number of nitrogens with one attached hydrogen (secondary N) is 1. The molecule has 0 fully saturated rings. The van der Waals surface area contributed by atoms with E-state index in [4.69, 9.17) is 10.5 Å². The maximum Gasteiger partial charge on any atom is 0.272 e. The third-order valence-electron chi connectivity index (χ3n) is 5.70. The first-order valence-corrected chi connectivity index (χ1v) is 11.1. The molecule has 2 aromatic carbocycles. The van der Waals surface area contributed by atoms with Crippen LogP contribution in [0.3, 0.4) is 0 Å². The Labute approximate surface area is 192 Å². The Hall–Kier alpha value is -3.84. The molecule has 0 spiro atoms. The molecule has 0 aliphatic rings. The summed E-state index contributed by atoms with van der Waals surface area (Å²) < 4.78 is 8.05. The summed E-state index contributed by atoms with van der Waals surface area (Å²) >= 11 is 1.56. The van der Waals surface area contributed by atoms with Gasteiger partial charge < -0.3 is 10.5 Å². The van der Waals surface area contributed by atoms with E-state index in [0.29, 0.717) is 28.6 Å². The standard InChI is InChI=1S/C24H20N6O2S/c1-30-22(23-18(9-25)15-5-3-13(12-32-2)7-21(15)33-23)19(11-27-30)14-4-6-16-17(8-14)20(10-26)28-29-24(16)31/h3-8,11H,10,12,26H2,1-2H3,(H,29,31). The van der Waals surface area contributed by atoms with E-state index < -0.39 is 0 Å². The van der Waals surface area contributed by atoms with Gasteiger partial charge in [0.25, 0.3) is 5.56 Å². The van der Waals surface area contributed by atoms with Crippen LogP contribution >= 0.6 is 11.3 Å². The first kappa shape index (κ1) is 21.0. The quantitative estimate of drug-likeness (QED) is 0.416. The van der Waals surface area contributed by atoms with Crippen LogP contribution in [-0.2, 0) is 24.9 Å². The minimum atomic E-state index is -0.261. The molecule has 8 nitrogen and oxygen atoms in total. The number of aromatic nitrogens is 4. The molecule has 0 saturated carbocycles. The molecular weight excluding hydrogens is 436 g/mol. The highest BCUT2D eigenvalue weighted by Gasteiger charge is 2.21. The zero-order valence-electron chi connectivity index (χ0n) is 18.0. The lowest BCUT2D eigenvalue weighted by molar-refractivity contribution is 0.185. The van der Waals surface area contributed by atoms with Crippen molar-refractivity contribution in [2.24, 2.45) is 12.8 Å². The van der Waals surface area contributed by atoms with Crippen LogP contribution in [0.2, 0.25) is 0 Å². The lowest BCUT2D eigenvalue weighted by Crippen LogP contribution is -2.13. The minimum Gasteiger partial charge on any atom is -0.380 e. The minimum absolute atomic E-state index is 0.204. The molecule has 3 aromatic heterocycles. The first-order valence-electron chi connectivity index (χ1n) is 10.2. The summed E-state index contributed by atoms with van der Waals surface area (Å²) in [6.07, 6.45) is 1.78. The number of aromatic amines is 1. The second kappa shape index (κ2) is 8.26. The van der Waals surface area contributed by atoms with Gasteiger partial charge >= 0.3 is 0 Å². The molecule has 0 aliphatic heterocycles. The SMILES string of the molecule is COCc1ccc2c(C#N)c(-c3c(-c4ccc5c(=O)[nH]nc(CN)c5c4)cnn3C)sc2c1. The van der Waals surface area contributed by atoms with E-state index in [1.54, 1.807) is 35.4 Å². The Morgan fingerprint density at radius 1 is 1.21 bits per heavy atom. The fourth-order valence-corrected chi connectivity index (χ4v) is 5.44. The number of nitriles is 1. The predicted octanol–water partition coefficient (Wildman–Crippen LogP) is 3.68. The number of hydrogen-bond acceptors (Lipinski definition) is 7. The number of hydrogen-bond donors (Lipinski definition) is 2. The van der Waals surface area contributed by atoms with Gasteiger partial charge in [0.1, 0.15) is 6.07 Å². The van der Waals surface area contributed by atoms with E-state index in [-0.39, 0.29) is 12.1 Å². The average molecular weight is 457 g/mol. The van der Waals surface area contributed by atoms with Crippen LogP contribution in [0.1, 0.15) is 16.8 Å². The Kier molecular flexibility index (Phi) is 5.26. The second-order valence-electron chi connectivity index (χ2n) is 7.68. The monoisotopic (exact) mass is 456 g/mol. The fraction of sp³-hybridized carbons (Fsp3) is 0.167. The van der Waals surface area contributed by atoms with Crippen molar-refractivity contribution < 1.29 is 4.74 Å². The number of aryl methyl sites for hydroxylation is 1. The molecule has 164 valence electrons. The average Bonchev–Trinajstić information content (AvgIpc) is 3.38. The highest BCUT2D eigenvalue weighted by Crippen LogP contribution is 2.42. The van der Waals surface area contributed by atoms with Crippen LogP contribution in [0.5, 0.6) is 0 Å². The third-order valence-corrected chi connectivity index (χ3v) is 6.86. The summed E-state index contributed by atoms with van der Waals surface area (Å²) in [5.41, 5.74) is 10.4. The molecule has 5 aromatic rings. The molecule has 0 amide bonds. The summed E-state index contributed by atoms with van der Waals surface area (Å²) in [6.45, 7) is 0.713. The molecule has 0 atom stereocenters. The molecule has 0 saturated heterocycles. The summed E-state index contributed by atoms with van der Waals surface area (Å²) in [5, 5.41) is 23.2. The van der Waals surface area contributed by atoms with Crippen molar-refractivity contribution in [2.45, 2.75) is 13.2 Å². The van der Waals surface area contributed by atoms with Gasteiger partial charge in [-0.05, 0) is 29.3 Å². The molecule has 9 heteroatoms. The summed E-state index contributed by atoms with van der Waals surface area (Å²) in [4.78, 5) is 13.1. The number of methoxy groups -OCH3 is 1. The molecule has 0 aliphatic carbocycles. The number of nitrogens with zero attached hydrogens (tertiary/aromatic N) is 4. The molecule has 3 N–H and O–H groups in total. The number of H-pyrrole nitrogens is 1. The largest absolute Gasteiger partial charge is 0.380 e. The van der Waals surface area contributed by atoms with Gasteiger partial charge in [-0.25, -0.2) is 5.10 Å². The zero-order valence-corrected chi connectivity index (χ0v) is 18.9. The number of thiophene rings is 1. The Bertz CT molecular complexity index is 1620. The van der Waals surface area contributed by atoms with E-state index in [2.05, 4.69) is 27.4 Å². The number of nitrogens with two attached hydrogens (primary N) is 1. The Balaban J connectivity index is 1.74. The van der Waals surface area contributed by atoms with E-state index in [0.717, 1.165) is 37.3 Å². The maximum absolute atomic E-state index is 12.2. The topological polar surface area (TPSA) is 123 Å². The summed E-state index contributed by atoms with van der Waals surface area (Å²) in [7, 11) is 3.52. The van der Waals surface area contributed by atoms with Crippen LogP contribution in [0.25, 0.3) is 42.6 Å². The molecule has 3 heterocycles. The van der Waals surface area contributed by atoms with Crippen molar-refractivity contribution in [1.29, 1.82) is 5.26 Å². The maximum atomic E-state index is 12.2. The zero-order chi connectivity index (χ0) is 23.1. The van der Waals surface area contributed by atoms with Gasteiger partial charge in [0.05, 0.1) is 40.0 Å². The second-order valence-corrected chi connectivity index (χ2v) is 8.73. The number of rotatable bonds is 5. The van der Waals surface area contributed by atoms with Crippen LogP contribution in [0, 0.1) is 11.3 Å². The highest BCUT2D eigenvalue weighted by atomic mass is 32.1. The molecule has 0 unspecified atom stereocenters. The van der Waals surface area contributed by atoms with Crippen molar-refractivity contribution in [3.05, 3.63) is 69.8 Å². The predicted molar refractivity (Wildman–Crippen MR) is 129 cm³/mol. The van der Waals surface area contributed by atoms with E-state index >= 15 is 0 Å². The summed E-state index contributed by atoms with van der Waals surface area (Å²) in [5.74, 6) is 0. The number of benzene rings is 2. The van der Waals surface area contributed by atoms with Crippen LogP contribution in [-0.4, -0.2) is 27.1 Å². The molecule has 33 heavy (non-hydrogen) atoms. The Morgan fingerprint density at radius 3 is 2.79 bits per heavy atom. The van der Waals surface area contributed by atoms with Gasteiger partial charge in [-0.3, -0.25) is 9.48 Å². The lowest BCUT2D eigenvalue weighted by atomic mass is 9.99. The lowest BCUT2D eigenvalue weighted by Gasteiger charge is -2.08. The van der Waals surface area contributed by atoms with Gasteiger partial charge in [0.2, 0.25) is 0 Å². The molecule has 0 bridgehead atoms. The van der Waals surface area contributed by atoms with Crippen molar-refractivity contribution in [2.75, 3.05) is 7.11 Å². The normalized spacial score (nSPS) is 11.3. The van der Waals surface area contributed by atoms with Gasteiger partial charge in [-0.1, -0.05) is 18.2 Å².